The van der Waals surface area contributed by atoms with Gasteiger partial charge in [0.15, 0.2) is 0 Å². The first-order chi connectivity index (χ1) is 15.7. The number of aromatic nitrogens is 3. The molecule has 0 saturated carbocycles. The van der Waals surface area contributed by atoms with Crippen molar-refractivity contribution in [2.45, 2.75) is 0 Å². The van der Waals surface area contributed by atoms with Gasteiger partial charge < -0.3 is 14.6 Å². The van der Waals surface area contributed by atoms with E-state index in [1.54, 1.807) is 41.7 Å². The minimum absolute atomic E-state index is 0.163. The Bertz CT molecular complexity index is 1310. The third-order valence-corrected chi connectivity index (χ3v) is 5.70. The average molecular weight is 439 g/mol. The van der Waals surface area contributed by atoms with Crippen LogP contribution in [0.15, 0.2) is 103 Å². The van der Waals surface area contributed by atoms with Crippen LogP contribution in [0, 0.1) is 0 Å². The third kappa shape index (κ3) is 4.43. The van der Waals surface area contributed by atoms with E-state index in [-0.39, 0.29) is 5.91 Å². The SMILES string of the molecule is O=C(Nc1ccc(Oc2cc(-n3cccc3)ncn2)cc1)c1ccc(-c2cccs2)cc1. The minimum atomic E-state index is -0.163. The quantitative estimate of drug-likeness (QED) is 0.351. The van der Waals surface area contributed by atoms with Gasteiger partial charge in [-0.15, -0.1) is 11.3 Å². The van der Waals surface area contributed by atoms with Crippen molar-refractivity contribution in [2.24, 2.45) is 0 Å². The van der Waals surface area contributed by atoms with Crippen LogP contribution in [0.25, 0.3) is 16.3 Å². The fourth-order valence-electron chi connectivity index (χ4n) is 3.17. The number of ether oxygens (including phenoxy) is 1. The highest BCUT2D eigenvalue weighted by Crippen LogP contribution is 2.25. The zero-order valence-corrected chi connectivity index (χ0v) is 17.7. The molecule has 0 radical (unpaired) electrons. The molecule has 0 bridgehead atoms. The molecule has 7 heteroatoms. The second-order valence-electron chi connectivity index (χ2n) is 6.94. The van der Waals surface area contributed by atoms with Crippen LogP contribution in [0.1, 0.15) is 10.4 Å². The molecule has 0 unspecified atom stereocenters. The molecule has 2 aromatic carbocycles. The first-order valence-electron chi connectivity index (χ1n) is 9.93. The number of rotatable bonds is 6. The number of carbonyl (C=O) groups is 1. The summed E-state index contributed by atoms with van der Waals surface area (Å²) < 4.78 is 7.71. The van der Waals surface area contributed by atoms with E-state index < -0.39 is 0 Å². The largest absolute Gasteiger partial charge is 0.439 e. The van der Waals surface area contributed by atoms with E-state index in [9.17, 15) is 4.79 Å². The number of benzene rings is 2. The maximum atomic E-state index is 12.6. The summed E-state index contributed by atoms with van der Waals surface area (Å²) in [6.45, 7) is 0. The van der Waals surface area contributed by atoms with Crippen LogP contribution in [0.2, 0.25) is 0 Å². The molecule has 5 rings (SSSR count). The smallest absolute Gasteiger partial charge is 0.255 e. The maximum Gasteiger partial charge on any atom is 0.255 e. The standard InChI is InChI=1S/C25H18N4O2S/c30-25(19-7-5-18(6-8-19)22-4-3-15-32-22)28-20-9-11-21(12-10-20)31-24-16-23(26-17-27-24)29-13-1-2-14-29/h1-17H,(H,28,30). The lowest BCUT2D eigenvalue weighted by atomic mass is 10.1. The van der Waals surface area contributed by atoms with Gasteiger partial charge in [-0.25, -0.2) is 9.97 Å². The Hall–Kier alpha value is -4.23. The van der Waals surface area contributed by atoms with Gasteiger partial charge in [0.2, 0.25) is 5.88 Å². The van der Waals surface area contributed by atoms with E-state index >= 15 is 0 Å². The number of carbonyl (C=O) groups excluding carboxylic acids is 1. The molecule has 156 valence electrons. The van der Waals surface area contributed by atoms with Crippen molar-refractivity contribution in [1.82, 2.24) is 14.5 Å². The number of hydrogen-bond donors (Lipinski definition) is 1. The predicted octanol–water partition coefficient (Wildman–Crippen LogP) is 6.04. The lowest BCUT2D eigenvalue weighted by Crippen LogP contribution is -2.11. The van der Waals surface area contributed by atoms with Crippen molar-refractivity contribution in [3.05, 3.63) is 109 Å². The van der Waals surface area contributed by atoms with E-state index in [0.29, 0.717) is 28.7 Å². The Labute approximate surface area is 188 Å². The summed E-state index contributed by atoms with van der Waals surface area (Å²) in [7, 11) is 0. The monoisotopic (exact) mass is 438 g/mol. The molecule has 6 nitrogen and oxygen atoms in total. The molecule has 0 aliphatic carbocycles. The van der Waals surface area contributed by atoms with Crippen molar-refractivity contribution < 1.29 is 9.53 Å². The Morgan fingerprint density at radius 1 is 0.906 bits per heavy atom. The molecule has 0 saturated heterocycles. The predicted molar refractivity (Wildman–Crippen MR) is 126 cm³/mol. The van der Waals surface area contributed by atoms with Gasteiger partial charge in [0.1, 0.15) is 17.9 Å². The third-order valence-electron chi connectivity index (χ3n) is 4.78. The fraction of sp³-hybridized carbons (Fsp3) is 0. The van der Waals surface area contributed by atoms with Crippen molar-refractivity contribution in [3.63, 3.8) is 0 Å². The minimum Gasteiger partial charge on any atom is -0.439 e. The molecule has 0 aliphatic heterocycles. The highest BCUT2D eigenvalue weighted by Gasteiger charge is 2.08. The van der Waals surface area contributed by atoms with Crippen LogP contribution in [0.4, 0.5) is 5.69 Å². The topological polar surface area (TPSA) is 69.0 Å². The van der Waals surface area contributed by atoms with Crippen LogP contribution in [-0.4, -0.2) is 20.4 Å². The summed E-state index contributed by atoms with van der Waals surface area (Å²) in [6.07, 6.45) is 5.27. The molecule has 1 amide bonds. The first kappa shape index (κ1) is 19.7. The lowest BCUT2D eigenvalue weighted by molar-refractivity contribution is 0.102. The van der Waals surface area contributed by atoms with Crippen LogP contribution in [0.3, 0.4) is 0 Å². The first-order valence-corrected chi connectivity index (χ1v) is 10.8. The molecule has 1 N–H and O–H groups in total. The van der Waals surface area contributed by atoms with Gasteiger partial charge in [-0.3, -0.25) is 4.79 Å². The summed E-state index contributed by atoms with van der Waals surface area (Å²) in [5, 5.41) is 4.95. The average Bonchev–Trinajstić information content (AvgIpc) is 3.55. The number of amides is 1. The molecular weight excluding hydrogens is 420 g/mol. The molecule has 0 aliphatic rings. The van der Waals surface area contributed by atoms with Crippen LogP contribution >= 0.6 is 11.3 Å². The van der Waals surface area contributed by atoms with Crippen LogP contribution in [-0.2, 0) is 0 Å². The number of anilines is 1. The van der Waals surface area contributed by atoms with Crippen LogP contribution < -0.4 is 10.1 Å². The zero-order valence-electron chi connectivity index (χ0n) is 16.9. The molecule has 0 atom stereocenters. The van der Waals surface area contributed by atoms with Gasteiger partial charge in [-0.2, -0.15) is 0 Å². The van der Waals surface area contributed by atoms with Gasteiger partial charge in [0.05, 0.1) is 0 Å². The lowest BCUT2D eigenvalue weighted by Gasteiger charge is -2.09. The number of nitrogens with zero attached hydrogens (tertiary/aromatic N) is 3. The molecule has 3 heterocycles. The van der Waals surface area contributed by atoms with E-state index in [4.69, 9.17) is 4.74 Å². The summed E-state index contributed by atoms with van der Waals surface area (Å²) in [4.78, 5) is 22.2. The Morgan fingerprint density at radius 2 is 1.69 bits per heavy atom. The van der Waals surface area contributed by atoms with Gasteiger partial charge >= 0.3 is 0 Å². The number of nitrogens with one attached hydrogen (secondary N) is 1. The summed E-state index contributed by atoms with van der Waals surface area (Å²) in [5.74, 6) is 1.60. The van der Waals surface area contributed by atoms with Crippen molar-refractivity contribution >= 4 is 22.9 Å². The van der Waals surface area contributed by atoms with Crippen molar-refractivity contribution in [3.8, 4) is 27.9 Å². The van der Waals surface area contributed by atoms with E-state index in [1.807, 2.05) is 64.8 Å². The molecule has 5 aromatic rings. The second kappa shape index (κ2) is 8.87. The fourth-order valence-corrected chi connectivity index (χ4v) is 3.91. The second-order valence-corrected chi connectivity index (χ2v) is 7.89. The highest BCUT2D eigenvalue weighted by atomic mass is 32.1. The summed E-state index contributed by atoms with van der Waals surface area (Å²) in [6, 6.07) is 24.4. The molecule has 3 aromatic heterocycles. The Kier molecular flexibility index (Phi) is 5.47. The van der Waals surface area contributed by atoms with Gasteiger partial charge in [-0.1, -0.05) is 18.2 Å². The Morgan fingerprint density at radius 3 is 2.41 bits per heavy atom. The van der Waals surface area contributed by atoms with E-state index in [2.05, 4.69) is 21.4 Å². The highest BCUT2D eigenvalue weighted by molar-refractivity contribution is 7.13. The van der Waals surface area contributed by atoms with Crippen molar-refractivity contribution in [2.75, 3.05) is 5.32 Å². The number of hydrogen-bond acceptors (Lipinski definition) is 5. The molecule has 0 fully saturated rings. The maximum absolute atomic E-state index is 12.6. The summed E-state index contributed by atoms with van der Waals surface area (Å²) >= 11 is 1.67. The van der Waals surface area contributed by atoms with E-state index in [0.717, 1.165) is 5.56 Å². The molecule has 0 spiro atoms. The van der Waals surface area contributed by atoms with E-state index in [1.165, 1.54) is 11.2 Å². The summed E-state index contributed by atoms with van der Waals surface area (Å²) in [5.41, 5.74) is 2.38. The van der Waals surface area contributed by atoms with Crippen LogP contribution in [0.5, 0.6) is 11.6 Å². The van der Waals surface area contributed by atoms with Gasteiger partial charge in [-0.05, 0) is 65.5 Å². The van der Waals surface area contributed by atoms with Crippen molar-refractivity contribution in [1.29, 1.82) is 0 Å². The van der Waals surface area contributed by atoms with Gasteiger partial charge in [0.25, 0.3) is 5.91 Å². The normalized spacial score (nSPS) is 10.6. The Balaban J connectivity index is 1.23. The van der Waals surface area contributed by atoms with Gasteiger partial charge in [0, 0.05) is 34.6 Å². The number of thiophene rings is 1. The molecule has 32 heavy (non-hydrogen) atoms. The molecular formula is C25H18N4O2S. The zero-order chi connectivity index (χ0) is 21.8.